The maximum absolute atomic E-state index is 13.3. The molecule has 1 aliphatic rings. The fraction of sp³-hybridized carbons (Fsp3) is 0.312. The Kier molecular flexibility index (Phi) is 3.96. The Morgan fingerprint density at radius 3 is 2.83 bits per heavy atom. The number of furan rings is 1. The first kappa shape index (κ1) is 16.0. The number of aryl methyl sites for hydroxylation is 1. The first-order valence-electron chi connectivity index (χ1n) is 7.37. The van der Waals surface area contributed by atoms with E-state index < -0.39 is 29.8 Å². The third-order valence-electron chi connectivity index (χ3n) is 3.84. The van der Waals surface area contributed by atoms with E-state index in [9.17, 15) is 18.8 Å². The minimum atomic E-state index is -1.15. The molecule has 2 aromatic rings. The van der Waals surface area contributed by atoms with Crippen LogP contribution in [0.25, 0.3) is 11.0 Å². The topological polar surface area (TPSA) is 88.9 Å². The van der Waals surface area contributed by atoms with E-state index in [1.165, 1.54) is 25.1 Å². The number of imide groups is 1. The largest absolute Gasteiger partial charge is 0.449 e. The van der Waals surface area contributed by atoms with E-state index in [-0.39, 0.29) is 12.3 Å². The van der Waals surface area contributed by atoms with Crippen LogP contribution in [0.2, 0.25) is 0 Å². The van der Waals surface area contributed by atoms with E-state index in [2.05, 4.69) is 5.32 Å². The van der Waals surface area contributed by atoms with Crippen LogP contribution in [-0.4, -0.2) is 42.0 Å². The van der Waals surface area contributed by atoms with Gasteiger partial charge in [0.25, 0.3) is 5.91 Å². The Bertz CT molecular complexity index is 844. The van der Waals surface area contributed by atoms with Crippen LogP contribution in [0, 0.1) is 12.7 Å². The molecule has 1 aliphatic heterocycles. The molecular formula is C16H15FN2O5. The molecule has 1 N–H and O–H groups in total. The fourth-order valence-corrected chi connectivity index (χ4v) is 2.55. The third-order valence-corrected chi connectivity index (χ3v) is 3.84. The number of nitrogens with one attached hydrogen (secondary N) is 1. The number of hydrogen-bond donors (Lipinski definition) is 1. The molecule has 2 heterocycles. The highest BCUT2D eigenvalue weighted by atomic mass is 19.1. The van der Waals surface area contributed by atoms with Gasteiger partial charge in [-0.1, -0.05) is 0 Å². The summed E-state index contributed by atoms with van der Waals surface area (Å²) >= 11 is 0. The number of carbonyl (C=O) groups excluding carboxylic acids is 3. The van der Waals surface area contributed by atoms with Crippen LogP contribution in [0.5, 0.6) is 0 Å². The van der Waals surface area contributed by atoms with Gasteiger partial charge in [-0.3, -0.25) is 9.69 Å². The Morgan fingerprint density at radius 2 is 2.17 bits per heavy atom. The lowest BCUT2D eigenvalue weighted by Crippen LogP contribution is -2.41. The Hall–Kier alpha value is -2.90. The SMILES string of the molecule is Cc1c(C(=O)O[C@@H](C)C(=O)N2CCNC2=O)oc2ccc(F)cc12. The van der Waals surface area contributed by atoms with Crippen LogP contribution < -0.4 is 5.32 Å². The van der Waals surface area contributed by atoms with Crippen LogP contribution in [-0.2, 0) is 9.53 Å². The number of nitrogens with zero attached hydrogens (tertiary/aromatic N) is 1. The summed E-state index contributed by atoms with van der Waals surface area (Å²) in [7, 11) is 0. The molecular weight excluding hydrogens is 319 g/mol. The van der Waals surface area contributed by atoms with Crippen LogP contribution in [0.3, 0.4) is 0 Å². The summed E-state index contributed by atoms with van der Waals surface area (Å²) in [6.45, 7) is 3.56. The van der Waals surface area contributed by atoms with Crippen molar-refractivity contribution in [2.24, 2.45) is 0 Å². The number of hydrogen-bond acceptors (Lipinski definition) is 5. The van der Waals surface area contributed by atoms with Crippen molar-refractivity contribution in [1.82, 2.24) is 10.2 Å². The van der Waals surface area contributed by atoms with Crippen molar-refractivity contribution >= 4 is 28.9 Å². The Balaban J connectivity index is 1.78. The van der Waals surface area contributed by atoms with Gasteiger partial charge in [-0.25, -0.2) is 14.0 Å². The van der Waals surface area contributed by atoms with Crippen molar-refractivity contribution in [3.8, 4) is 0 Å². The number of halogens is 1. The normalized spacial score (nSPS) is 15.5. The lowest BCUT2D eigenvalue weighted by Gasteiger charge is -2.17. The monoisotopic (exact) mass is 334 g/mol. The van der Waals surface area contributed by atoms with Gasteiger partial charge in [0.2, 0.25) is 5.76 Å². The maximum atomic E-state index is 13.3. The third kappa shape index (κ3) is 2.70. The molecule has 0 spiro atoms. The molecule has 1 saturated heterocycles. The van der Waals surface area contributed by atoms with Crippen molar-refractivity contribution in [3.63, 3.8) is 0 Å². The Labute approximate surface area is 136 Å². The summed E-state index contributed by atoms with van der Waals surface area (Å²) in [5, 5.41) is 2.95. The average molecular weight is 334 g/mol. The lowest BCUT2D eigenvalue weighted by atomic mass is 10.1. The van der Waals surface area contributed by atoms with Crippen LogP contribution in [0.15, 0.2) is 22.6 Å². The molecule has 1 fully saturated rings. The highest BCUT2D eigenvalue weighted by molar-refractivity contribution is 6.00. The van der Waals surface area contributed by atoms with Gasteiger partial charge in [0.1, 0.15) is 11.4 Å². The standard InChI is InChI=1S/C16H15FN2O5/c1-8-11-7-10(17)3-4-12(11)24-13(8)15(21)23-9(2)14(20)19-6-5-18-16(19)22/h3-4,7,9H,5-6H2,1-2H3,(H,18,22)/t9-/m0/s1. The molecule has 0 unspecified atom stereocenters. The van der Waals surface area contributed by atoms with E-state index in [0.29, 0.717) is 23.1 Å². The molecule has 1 aromatic heterocycles. The molecule has 0 saturated carbocycles. The molecule has 7 nitrogen and oxygen atoms in total. The predicted molar refractivity (Wildman–Crippen MR) is 80.9 cm³/mol. The summed E-state index contributed by atoms with van der Waals surface area (Å²) in [5.74, 6) is -2.00. The molecule has 3 amide bonds. The quantitative estimate of drug-likeness (QED) is 0.867. The van der Waals surface area contributed by atoms with Crippen molar-refractivity contribution in [2.45, 2.75) is 20.0 Å². The van der Waals surface area contributed by atoms with Crippen molar-refractivity contribution in [3.05, 3.63) is 35.3 Å². The molecule has 24 heavy (non-hydrogen) atoms. The number of fused-ring (bicyclic) bond motifs is 1. The van der Waals surface area contributed by atoms with Gasteiger partial charge < -0.3 is 14.5 Å². The highest BCUT2D eigenvalue weighted by Crippen LogP contribution is 2.26. The molecule has 1 aromatic carbocycles. The van der Waals surface area contributed by atoms with Crippen LogP contribution in [0.1, 0.15) is 23.0 Å². The molecule has 0 aliphatic carbocycles. The van der Waals surface area contributed by atoms with Gasteiger partial charge >= 0.3 is 12.0 Å². The molecule has 8 heteroatoms. The van der Waals surface area contributed by atoms with E-state index in [4.69, 9.17) is 9.15 Å². The number of urea groups is 1. The first-order valence-corrected chi connectivity index (χ1v) is 7.37. The van der Waals surface area contributed by atoms with Crippen molar-refractivity contribution < 1.29 is 27.9 Å². The van der Waals surface area contributed by atoms with Gasteiger partial charge in [0, 0.05) is 24.0 Å². The number of amides is 3. The second-order valence-corrected chi connectivity index (χ2v) is 5.47. The molecule has 3 rings (SSSR count). The van der Waals surface area contributed by atoms with E-state index in [1.807, 2.05) is 0 Å². The number of carbonyl (C=O) groups is 3. The number of esters is 1. The molecule has 1 atom stereocenters. The zero-order valence-corrected chi connectivity index (χ0v) is 13.1. The van der Waals surface area contributed by atoms with Gasteiger partial charge in [-0.15, -0.1) is 0 Å². The summed E-state index contributed by atoms with van der Waals surface area (Å²) in [4.78, 5) is 36.8. The zero-order chi connectivity index (χ0) is 17.4. The maximum Gasteiger partial charge on any atom is 0.375 e. The summed E-state index contributed by atoms with van der Waals surface area (Å²) in [5.41, 5.74) is 0.770. The first-order chi connectivity index (χ1) is 11.4. The Morgan fingerprint density at radius 1 is 1.42 bits per heavy atom. The number of rotatable bonds is 3. The minimum Gasteiger partial charge on any atom is -0.449 e. The molecule has 0 bridgehead atoms. The number of benzene rings is 1. The minimum absolute atomic E-state index is 0.0962. The fourth-order valence-electron chi connectivity index (χ4n) is 2.55. The zero-order valence-electron chi connectivity index (χ0n) is 13.1. The smallest absolute Gasteiger partial charge is 0.375 e. The predicted octanol–water partition coefficient (Wildman–Crippen LogP) is 1.98. The second-order valence-electron chi connectivity index (χ2n) is 5.47. The number of ether oxygens (including phenoxy) is 1. The van der Waals surface area contributed by atoms with Gasteiger partial charge in [0.15, 0.2) is 6.10 Å². The van der Waals surface area contributed by atoms with E-state index in [0.717, 1.165) is 4.90 Å². The summed E-state index contributed by atoms with van der Waals surface area (Å²) in [6.07, 6.45) is -1.15. The highest BCUT2D eigenvalue weighted by Gasteiger charge is 2.32. The van der Waals surface area contributed by atoms with Crippen molar-refractivity contribution in [1.29, 1.82) is 0 Å². The van der Waals surface area contributed by atoms with Crippen LogP contribution in [0.4, 0.5) is 9.18 Å². The van der Waals surface area contributed by atoms with E-state index >= 15 is 0 Å². The summed E-state index contributed by atoms with van der Waals surface area (Å²) < 4.78 is 23.8. The van der Waals surface area contributed by atoms with Gasteiger partial charge in [-0.2, -0.15) is 0 Å². The second kappa shape index (κ2) is 5.95. The summed E-state index contributed by atoms with van der Waals surface area (Å²) in [6, 6.07) is 3.38. The van der Waals surface area contributed by atoms with E-state index in [1.54, 1.807) is 6.92 Å². The molecule has 0 radical (unpaired) electrons. The van der Waals surface area contributed by atoms with Gasteiger partial charge in [-0.05, 0) is 32.0 Å². The molecule has 126 valence electrons. The van der Waals surface area contributed by atoms with Crippen molar-refractivity contribution in [2.75, 3.05) is 13.1 Å². The van der Waals surface area contributed by atoms with Crippen LogP contribution >= 0.6 is 0 Å². The average Bonchev–Trinajstić information content (AvgIpc) is 3.10. The lowest BCUT2D eigenvalue weighted by molar-refractivity contribution is -0.136. The van der Waals surface area contributed by atoms with Gasteiger partial charge in [0.05, 0.1) is 0 Å².